The highest BCUT2D eigenvalue weighted by Crippen LogP contribution is 2.34. The maximum absolute atomic E-state index is 13.5. The zero-order chi connectivity index (χ0) is 29.0. The second-order valence-corrected chi connectivity index (χ2v) is 11.8. The third kappa shape index (κ3) is 6.61. The molecule has 0 aliphatic heterocycles. The molecule has 0 saturated heterocycles. The van der Waals surface area contributed by atoms with Crippen molar-refractivity contribution in [3.63, 3.8) is 0 Å². The summed E-state index contributed by atoms with van der Waals surface area (Å²) in [6.45, 7) is 9.54. The van der Waals surface area contributed by atoms with Crippen molar-refractivity contribution in [2.75, 3.05) is 25.5 Å². The highest BCUT2D eigenvalue weighted by molar-refractivity contribution is 6.31. The lowest BCUT2D eigenvalue weighted by molar-refractivity contribution is 0.0950. The van der Waals surface area contributed by atoms with Crippen LogP contribution in [0.3, 0.4) is 0 Å². The van der Waals surface area contributed by atoms with Gasteiger partial charge in [0.15, 0.2) is 0 Å². The molecule has 1 N–H and O–H groups in total. The molecule has 0 bridgehead atoms. The number of carbonyl (C=O) groups excluding carboxylic acids is 1. The quantitative estimate of drug-likeness (QED) is 0.342. The second kappa shape index (κ2) is 13.0. The summed E-state index contributed by atoms with van der Waals surface area (Å²) in [7, 11) is 4.32. The predicted molar refractivity (Wildman–Crippen MR) is 166 cm³/mol. The van der Waals surface area contributed by atoms with Crippen molar-refractivity contribution in [2.24, 2.45) is 0 Å². The number of halogens is 1. The molecule has 1 heterocycles. The van der Waals surface area contributed by atoms with Gasteiger partial charge < -0.3 is 19.7 Å². The van der Waals surface area contributed by atoms with E-state index in [1.165, 1.54) is 12.8 Å². The molecule has 7 heteroatoms. The Morgan fingerprint density at radius 1 is 1.00 bits per heavy atom. The molecule has 40 heavy (non-hydrogen) atoms. The van der Waals surface area contributed by atoms with Crippen LogP contribution in [-0.2, 0) is 13.1 Å². The van der Waals surface area contributed by atoms with Gasteiger partial charge in [0.2, 0.25) is 0 Å². The average molecular weight is 563 g/mol. The van der Waals surface area contributed by atoms with Crippen LogP contribution in [0.25, 0.3) is 0 Å². The number of anilines is 1. The number of benzene rings is 2. The Morgan fingerprint density at radius 3 is 2.27 bits per heavy atom. The maximum Gasteiger partial charge on any atom is 0.256 e. The van der Waals surface area contributed by atoms with Gasteiger partial charge in [0.25, 0.3) is 11.5 Å². The molecule has 1 aliphatic rings. The lowest BCUT2D eigenvalue weighted by Crippen LogP contribution is -2.42. The number of hydrogen-bond acceptors (Lipinski definition) is 4. The summed E-state index contributed by atoms with van der Waals surface area (Å²) in [4.78, 5) is 31.7. The van der Waals surface area contributed by atoms with Crippen molar-refractivity contribution in [3.05, 3.63) is 97.4 Å². The van der Waals surface area contributed by atoms with Crippen molar-refractivity contribution in [3.8, 4) is 0 Å². The van der Waals surface area contributed by atoms with Gasteiger partial charge in [-0.05, 0) is 102 Å². The van der Waals surface area contributed by atoms with E-state index in [0.717, 1.165) is 47.5 Å². The minimum Gasteiger partial charge on any atom is -0.369 e. The minimum absolute atomic E-state index is 0.0735. The number of carbonyl (C=O) groups is 1. The van der Waals surface area contributed by atoms with Gasteiger partial charge in [-0.2, -0.15) is 0 Å². The Bertz CT molecular complexity index is 1390. The molecule has 4 rings (SSSR count). The summed E-state index contributed by atoms with van der Waals surface area (Å²) in [5.74, 6) is -0.220. The molecule has 0 radical (unpaired) electrons. The SMILES string of the molecule is CCN(c1cc(Cl)cc(C(=O)NCc2c(C)cc(C)n(Cc3ccccc3)c2=O)c1C)[C@H]1CC[C@H](N(C)C)CC1. The van der Waals surface area contributed by atoms with E-state index < -0.39 is 0 Å². The van der Waals surface area contributed by atoms with Crippen molar-refractivity contribution >= 4 is 23.2 Å². The highest BCUT2D eigenvalue weighted by atomic mass is 35.5. The summed E-state index contributed by atoms with van der Waals surface area (Å²) >= 11 is 6.59. The molecule has 3 aromatic rings. The fraction of sp³-hybridized carbons (Fsp3) is 0.455. The van der Waals surface area contributed by atoms with Gasteiger partial charge in [-0.25, -0.2) is 0 Å². The Kier molecular flexibility index (Phi) is 9.75. The van der Waals surface area contributed by atoms with Gasteiger partial charge in [0.05, 0.1) is 6.54 Å². The van der Waals surface area contributed by atoms with Crippen molar-refractivity contribution < 1.29 is 4.79 Å². The van der Waals surface area contributed by atoms with Crippen LogP contribution >= 0.6 is 11.6 Å². The zero-order valence-corrected chi connectivity index (χ0v) is 25.5. The molecule has 1 amide bonds. The van der Waals surface area contributed by atoms with Crippen molar-refractivity contribution in [1.29, 1.82) is 0 Å². The van der Waals surface area contributed by atoms with Gasteiger partial charge in [-0.15, -0.1) is 0 Å². The number of nitrogens with one attached hydrogen (secondary N) is 1. The lowest BCUT2D eigenvalue weighted by atomic mass is 9.89. The second-order valence-electron chi connectivity index (χ2n) is 11.3. The summed E-state index contributed by atoms with van der Waals surface area (Å²) in [6.07, 6.45) is 4.57. The topological polar surface area (TPSA) is 57.6 Å². The summed E-state index contributed by atoms with van der Waals surface area (Å²) in [5.41, 5.74) is 5.85. The first-order valence-electron chi connectivity index (χ1n) is 14.4. The zero-order valence-electron chi connectivity index (χ0n) is 24.8. The van der Waals surface area contributed by atoms with Crippen LogP contribution in [0.1, 0.15) is 70.9 Å². The van der Waals surface area contributed by atoms with E-state index in [9.17, 15) is 9.59 Å². The smallest absolute Gasteiger partial charge is 0.256 e. The van der Waals surface area contributed by atoms with E-state index >= 15 is 0 Å². The van der Waals surface area contributed by atoms with E-state index in [2.05, 4.69) is 36.1 Å². The normalized spacial score (nSPS) is 17.2. The first kappa shape index (κ1) is 29.9. The molecule has 1 fully saturated rings. The van der Waals surface area contributed by atoms with E-state index in [1.54, 1.807) is 10.6 Å². The molecule has 0 unspecified atom stereocenters. The number of aryl methyl sites for hydroxylation is 2. The Balaban J connectivity index is 1.55. The maximum atomic E-state index is 13.5. The Morgan fingerprint density at radius 2 is 1.65 bits per heavy atom. The van der Waals surface area contributed by atoms with Crippen molar-refractivity contribution in [1.82, 2.24) is 14.8 Å². The molecule has 2 aromatic carbocycles. The van der Waals surface area contributed by atoms with E-state index in [-0.39, 0.29) is 18.0 Å². The summed E-state index contributed by atoms with van der Waals surface area (Å²) in [6, 6.07) is 16.7. The van der Waals surface area contributed by atoms with Gasteiger partial charge in [0.1, 0.15) is 0 Å². The number of amides is 1. The molecule has 0 spiro atoms. The highest BCUT2D eigenvalue weighted by Gasteiger charge is 2.28. The average Bonchev–Trinajstić information content (AvgIpc) is 2.93. The number of hydrogen-bond donors (Lipinski definition) is 1. The largest absolute Gasteiger partial charge is 0.369 e. The first-order valence-corrected chi connectivity index (χ1v) is 14.7. The molecule has 0 atom stereocenters. The van der Waals surface area contributed by atoms with Crippen LogP contribution in [0, 0.1) is 20.8 Å². The first-order chi connectivity index (χ1) is 19.1. The van der Waals surface area contributed by atoms with Gasteiger partial charge in [-0.1, -0.05) is 41.9 Å². The van der Waals surface area contributed by atoms with E-state index in [1.807, 2.05) is 63.2 Å². The standard InChI is InChI=1S/C33H43ClN4O2/c1-7-37(28-15-13-27(14-16-28)36(5)6)31-19-26(34)18-29(24(31)4)32(39)35-20-30-22(2)17-23(3)38(33(30)40)21-25-11-9-8-10-12-25/h8-12,17-19,27-28H,7,13-16,20-21H2,1-6H3,(H,35,39)/t27-,28-. The number of nitrogens with zero attached hydrogens (tertiary/aromatic N) is 3. The van der Waals surface area contributed by atoms with Crippen LogP contribution in [0.4, 0.5) is 5.69 Å². The van der Waals surface area contributed by atoms with Crippen LogP contribution < -0.4 is 15.8 Å². The Labute approximate surface area is 244 Å². The van der Waals surface area contributed by atoms with E-state index in [0.29, 0.717) is 34.8 Å². The number of pyridine rings is 1. The lowest BCUT2D eigenvalue weighted by Gasteiger charge is -2.40. The molecular formula is C33H43ClN4O2. The van der Waals surface area contributed by atoms with Gasteiger partial charge in [0, 0.05) is 52.7 Å². The van der Waals surface area contributed by atoms with Gasteiger partial charge in [-0.3, -0.25) is 9.59 Å². The molecular weight excluding hydrogens is 520 g/mol. The van der Waals surface area contributed by atoms with Crippen LogP contribution in [0.2, 0.25) is 5.02 Å². The van der Waals surface area contributed by atoms with Crippen LogP contribution in [0.15, 0.2) is 53.3 Å². The number of rotatable bonds is 9. The van der Waals surface area contributed by atoms with E-state index in [4.69, 9.17) is 11.6 Å². The molecule has 1 saturated carbocycles. The third-order valence-corrected chi connectivity index (χ3v) is 8.74. The molecule has 1 aromatic heterocycles. The predicted octanol–water partition coefficient (Wildman–Crippen LogP) is 6.10. The molecule has 6 nitrogen and oxygen atoms in total. The fourth-order valence-electron chi connectivity index (χ4n) is 6.12. The molecule has 214 valence electrons. The number of aromatic nitrogens is 1. The summed E-state index contributed by atoms with van der Waals surface area (Å²) in [5, 5.41) is 3.57. The molecule has 1 aliphatic carbocycles. The van der Waals surface area contributed by atoms with Crippen LogP contribution in [0.5, 0.6) is 0 Å². The summed E-state index contributed by atoms with van der Waals surface area (Å²) < 4.78 is 1.77. The Hall–Kier alpha value is -3.09. The van der Waals surface area contributed by atoms with Crippen molar-refractivity contribution in [2.45, 2.75) is 78.6 Å². The van der Waals surface area contributed by atoms with Gasteiger partial charge >= 0.3 is 0 Å². The van der Waals surface area contributed by atoms with Crippen LogP contribution in [-0.4, -0.2) is 48.1 Å². The monoisotopic (exact) mass is 562 g/mol. The fourth-order valence-corrected chi connectivity index (χ4v) is 6.33. The minimum atomic E-state index is -0.220. The third-order valence-electron chi connectivity index (χ3n) is 8.52.